The van der Waals surface area contributed by atoms with E-state index in [9.17, 15) is 14.5 Å². The number of aromatic nitrogens is 1. The highest BCUT2D eigenvalue weighted by Crippen LogP contribution is 2.27. The number of pyridine rings is 1. The van der Waals surface area contributed by atoms with E-state index in [0.717, 1.165) is 6.20 Å². The second kappa shape index (κ2) is 3.14. The highest BCUT2D eigenvalue weighted by atomic mass is 79.9. The second-order valence-corrected chi connectivity index (χ2v) is 2.88. The van der Waals surface area contributed by atoms with Gasteiger partial charge in [0.25, 0.3) is 0 Å². The summed E-state index contributed by atoms with van der Waals surface area (Å²) in [6.07, 6.45) is 0.937. The zero-order chi connectivity index (χ0) is 9.30. The molecule has 0 aliphatic rings. The molecule has 0 unspecified atom stereocenters. The maximum atomic E-state index is 12.7. The first-order chi connectivity index (χ1) is 5.54. The van der Waals surface area contributed by atoms with Crippen molar-refractivity contribution in [2.75, 3.05) is 0 Å². The monoisotopic (exact) mass is 234 g/mol. The molecule has 0 atom stereocenters. The molecule has 0 saturated heterocycles. The van der Waals surface area contributed by atoms with E-state index in [2.05, 4.69) is 20.9 Å². The van der Waals surface area contributed by atoms with Gasteiger partial charge >= 0.3 is 5.69 Å². The van der Waals surface area contributed by atoms with Crippen molar-refractivity contribution in [1.82, 2.24) is 4.98 Å². The fourth-order valence-electron chi connectivity index (χ4n) is 0.751. The Kier molecular flexibility index (Phi) is 2.37. The van der Waals surface area contributed by atoms with Crippen LogP contribution in [0.2, 0.25) is 0 Å². The Morgan fingerprint density at radius 3 is 2.75 bits per heavy atom. The van der Waals surface area contributed by atoms with E-state index in [4.69, 9.17) is 0 Å². The lowest BCUT2D eigenvalue weighted by Crippen LogP contribution is -1.97. The Morgan fingerprint density at radius 1 is 1.75 bits per heavy atom. The van der Waals surface area contributed by atoms with Crippen LogP contribution < -0.4 is 0 Å². The minimum atomic E-state index is -0.676. The highest BCUT2D eigenvalue weighted by Gasteiger charge is 2.19. The second-order valence-electron chi connectivity index (χ2n) is 2.13. The maximum absolute atomic E-state index is 12.7. The molecule has 0 bridgehead atoms. The lowest BCUT2D eigenvalue weighted by Gasteiger charge is -1.98. The van der Waals surface area contributed by atoms with E-state index in [1.54, 1.807) is 0 Å². The van der Waals surface area contributed by atoms with Gasteiger partial charge in [-0.15, -0.1) is 0 Å². The van der Waals surface area contributed by atoms with Crippen molar-refractivity contribution in [3.8, 4) is 0 Å². The summed E-state index contributed by atoms with van der Waals surface area (Å²) in [4.78, 5) is 13.2. The Labute approximate surface area is 75.7 Å². The number of rotatable bonds is 1. The van der Waals surface area contributed by atoms with Gasteiger partial charge in [0.1, 0.15) is 0 Å². The molecular formula is C6H4BrFN2O2. The summed E-state index contributed by atoms with van der Waals surface area (Å²) in [5.74, 6) is -0.676. The molecule has 64 valence electrons. The fourth-order valence-corrected chi connectivity index (χ4v) is 1.30. The molecule has 0 aliphatic carbocycles. The molecule has 0 N–H and O–H groups in total. The summed E-state index contributed by atoms with van der Waals surface area (Å²) in [6, 6.07) is 0. The third kappa shape index (κ3) is 1.42. The van der Waals surface area contributed by atoms with Crippen LogP contribution in [-0.4, -0.2) is 9.91 Å². The van der Waals surface area contributed by atoms with E-state index in [0.29, 0.717) is 0 Å². The van der Waals surface area contributed by atoms with Crippen molar-refractivity contribution < 1.29 is 9.31 Å². The molecule has 0 saturated carbocycles. The minimum absolute atomic E-state index is 0.0122. The quantitative estimate of drug-likeness (QED) is 0.426. The molecule has 0 spiro atoms. The molecule has 1 rings (SSSR count). The summed E-state index contributed by atoms with van der Waals surface area (Å²) in [6.45, 7) is 1.33. The zero-order valence-corrected chi connectivity index (χ0v) is 7.63. The summed E-state index contributed by atoms with van der Waals surface area (Å²) in [5, 5.41) is 10.4. The first kappa shape index (κ1) is 9.05. The van der Waals surface area contributed by atoms with Crippen LogP contribution in [0.4, 0.5) is 10.1 Å². The maximum Gasteiger partial charge on any atom is 0.307 e. The summed E-state index contributed by atoms with van der Waals surface area (Å²) >= 11 is 2.86. The van der Waals surface area contributed by atoms with Gasteiger partial charge in [0, 0.05) is 0 Å². The number of hydrogen-bond acceptors (Lipinski definition) is 3. The van der Waals surface area contributed by atoms with E-state index in [-0.39, 0.29) is 15.9 Å². The number of hydrogen-bond donors (Lipinski definition) is 0. The van der Waals surface area contributed by atoms with Crippen LogP contribution in [0, 0.1) is 22.9 Å². The van der Waals surface area contributed by atoms with Gasteiger partial charge in [-0.05, 0) is 22.9 Å². The third-order valence-corrected chi connectivity index (χ3v) is 1.96. The van der Waals surface area contributed by atoms with E-state index in [1.165, 1.54) is 6.92 Å². The highest BCUT2D eigenvalue weighted by molar-refractivity contribution is 9.10. The Balaban J connectivity index is 3.43. The number of halogens is 2. The molecular weight excluding hydrogens is 231 g/mol. The molecule has 1 aromatic heterocycles. The van der Waals surface area contributed by atoms with Gasteiger partial charge in [-0.2, -0.15) is 0 Å². The van der Waals surface area contributed by atoms with Crippen LogP contribution in [0.15, 0.2) is 10.8 Å². The summed E-state index contributed by atoms with van der Waals surface area (Å²) in [7, 11) is 0. The summed E-state index contributed by atoms with van der Waals surface area (Å²) < 4.78 is 12.8. The minimum Gasteiger partial charge on any atom is -0.258 e. The molecule has 0 aromatic carbocycles. The van der Waals surface area contributed by atoms with Crippen molar-refractivity contribution >= 4 is 21.6 Å². The zero-order valence-electron chi connectivity index (χ0n) is 6.04. The van der Waals surface area contributed by atoms with Gasteiger partial charge < -0.3 is 0 Å². The molecule has 0 radical (unpaired) electrons. The van der Waals surface area contributed by atoms with E-state index >= 15 is 0 Å². The van der Waals surface area contributed by atoms with Crippen molar-refractivity contribution in [1.29, 1.82) is 0 Å². The Hall–Kier alpha value is -1.04. The van der Waals surface area contributed by atoms with Crippen LogP contribution in [0.3, 0.4) is 0 Å². The Bertz CT molecular complexity index is 343. The van der Waals surface area contributed by atoms with E-state index < -0.39 is 10.7 Å². The fraction of sp³-hybridized carbons (Fsp3) is 0.167. The standard InChI is InChI=1S/C6H4BrFN2O2/c1-3-4(8)2-9-6(7)5(3)10(11)12/h2H,1H3. The van der Waals surface area contributed by atoms with Crippen molar-refractivity contribution in [3.63, 3.8) is 0 Å². The molecule has 12 heavy (non-hydrogen) atoms. The predicted molar refractivity (Wildman–Crippen MR) is 43.3 cm³/mol. The molecule has 6 heteroatoms. The van der Waals surface area contributed by atoms with Gasteiger partial charge in [-0.1, -0.05) is 0 Å². The van der Waals surface area contributed by atoms with Crippen LogP contribution >= 0.6 is 15.9 Å². The van der Waals surface area contributed by atoms with Gasteiger partial charge in [-0.25, -0.2) is 9.37 Å². The molecule has 1 heterocycles. The molecule has 4 nitrogen and oxygen atoms in total. The van der Waals surface area contributed by atoms with E-state index in [1.807, 2.05) is 0 Å². The van der Waals surface area contributed by atoms with Gasteiger partial charge in [-0.3, -0.25) is 10.1 Å². The number of nitrogens with zero attached hydrogens (tertiary/aromatic N) is 2. The van der Waals surface area contributed by atoms with Gasteiger partial charge in [0.15, 0.2) is 10.4 Å². The normalized spacial score (nSPS) is 9.92. The Morgan fingerprint density at radius 2 is 2.33 bits per heavy atom. The van der Waals surface area contributed by atoms with Crippen molar-refractivity contribution in [2.24, 2.45) is 0 Å². The third-order valence-electron chi connectivity index (χ3n) is 1.38. The first-order valence-corrected chi connectivity index (χ1v) is 3.78. The van der Waals surface area contributed by atoms with Crippen LogP contribution in [0.25, 0.3) is 0 Å². The average Bonchev–Trinajstić information content (AvgIpc) is 1.97. The van der Waals surface area contributed by atoms with Gasteiger partial charge in [0.2, 0.25) is 0 Å². The van der Waals surface area contributed by atoms with Crippen LogP contribution in [0.5, 0.6) is 0 Å². The smallest absolute Gasteiger partial charge is 0.258 e. The van der Waals surface area contributed by atoms with Gasteiger partial charge in [0.05, 0.1) is 16.7 Å². The first-order valence-electron chi connectivity index (χ1n) is 2.99. The van der Waals surface area contributed by atoms with Crippen LogP contribution in [-0.2, 0) is 0 Å². The lowest BCUT2D eigenvalue weighted by molar-refractivity contribution is -0.386. The molecule has 0 aliphatic heterocycles. The number of nitro groups is 1. The molecule has 0 amide bonds. The largest absolute Gasteiger partial charge is 0.307 e. The molecule has 0 fully saturated rings. The average molecular weight is 235 g/mol. The molecule has 1 aromatic rings. The predicted octanol–water partition coefficient (Wildman–Crippen LogP) is 2.20. The summed E-state index contributed by atoms with van der Waals surface area (Å²) in [5.41, 5.74) is -0.336. The van der Waals surface area contributed by atoms with Crippen molar-refractivity contribution in [3.05, 3.63) is 32.3 Å². The van der Waals surface area contributed by atoms with Crippen molar-refractivity contribution in [2.45, 2.75) is 6.92 Å². The SMILES string of the molecule is Cc1c(F)cnc(Br)c1[N+](=O)[O-]. The topological polar surface area (TPSA) is 56.0 Å². The lowest BCUT2D eigenvalue weighted by atomic mass is 10.2. The van der Waals surface area contributed by atoms with Crippen LogP contribution in [0.1, 0.15) is 5.56 Å².